The van der Waals surface area contributed by atoms with Gasteiger partial charge in [-0.2, -0.15) is 0 Å². The quantitative estimate of drug-likeness (QED) is 0.759. The Labute approximate surface area is 148 Å². The number of anilines is 1. The van der Waals surface area contributed by atoms with E-state index in [9.17, 15) is 0 Å². The first kappa shape index (κ1) is 19.0. The summed E-state index contributed by atoms with van der Waals surface area (Å²) in [5.41, 5.74) is 8.45. The number of rotatable bonds is 8. The molecule has 0 aliphatic carbocycles. The van der Waals surface area contributed by atoms with E-state index in [0.717, 1.165) is 17.6 Å². The van der Waals surface area contributed by atoms with Crippen LogP contribution < -0.4 is 11.1 Å². The first-order valence-electron chi connectivity index (χ1n) is 8.62. The van der Waals surface area contributed by atoms with Gasteiger partial charge in [-0.25, -0.2) is 14.4 Å². The third-order valence-corrected chi connectivity index (χ3v) is 3.91. The van der Waals surface area contributed by atoms with Crippen LogP contribution in [0.25, 0.3) is 5.83 Å². The highest BCUT2D eigenvalue weighted by atomic mass is 19.1. The number of nitrogens with one attached hydrogen (secondary N) is 1. The zero-order chi connectivity index (χ0) is 18.2. The Morgan fingerprint density at radius 1 is 1.24 bits per heavy atom. The first-order valence-corrected chi connectivity index (χ1v) is 8.62. The minimum absolute atomic E-state index is 0.251. The highest BCUT2D eigenvalue weighted by Crippen LogP contribution is 2.32. The summed E-state index contributed by atoms with van der Waals surface area (Å²) in [6, 6.07) is 3.83. The van der Waals surface area contributed by atoms with Gasteiger partial charge in [0.2, 0.25) is 0 Å². The second-order valence-corrected chi connectivity index (χ2v) is 6.00. The minimum Gasteiger partial charge on any atom is -0.365 e. The van der Waals surface area contributed by atoms with Gasteiger partial charge in [0.05, 0.1) is 11.3 Å². The topological polar surface area (TPSA) is 76.7 Å². The van der Waals surface area contributed by atoms with Gasteiger partial charge in [0.25, 0.3) is 0 Å². The molecule has 6 heteroatoms. The van der Waals surface area contributed by atoms with Crippen molar-refractivity contribution in [3.8, 4) is 0 Å². The van der Waals surface area contributed by atoms with Gasteiger partial charge in [0, 0.05) is 18.9 Å². The molecular weight excluding hydrogens is 317 g/mol. The third kappa shape index (κ3) is 5.06. The van der Waals surface area contributed by atoms with E-state index >= 15 is 4.39 Å². The summed E-state index contributed by atoms with van der Waals surface area (Å²) in [7, 11) is 0. The van der Waals surface area contributed by atoms with Gasteiger partial charge in [-0.15, -0.1) is 0 Å². The lowest BCUT2D eigenvalue weighted by molar-refractivity contribution is 0.711. The predicted molar refractivity (Wildman–Crippen MR) is 99.7 cm³/mol. The summed E-state index contributed by atoms with van der Waals surface area (Å²) in [5.74, 6) is 0.870. The van der Waals surface area contributed by atoms with Gasteiger partial charge in [-0.3, -0.25) is 4.98 Å². The Morgan fingerprint density at radius 3 is 2.68 bits per heavy atom. The number of hydrogen-bond acceptors (Lipinski definition) is 5. The normalized spacial score (nSPS) is 12.0. The molecule has 2 aromatic heterocycles. The molecule has 0 fully saturated rings. The lowest BCUT2D eigenvalue weighted by Crippen LogP contribution is -2.10. The van der Waals surface area contributed by atoms with Crippen LogP contribution in [0.2, 0.25) is 0 Å². The van der Waals surface area contributed by atoms with E-state index in [1.54, 1.807) is 19.3 Å². The Kier molecular flexibility index (Phi) is 7.01. The van der Waals surface area contributed by atoms with Crippen LogP contribution in [0, 0.1) is 13.8 Å². The van der Waals surface area contributed by atoms with Crippen molar-refractivity contribution in [1.29, 1.82) is 0 Å². The van der Waals surface area contributed by atoms with Gasteiger partial charge in [0.15, 0.2) is 0 Å². The maximum atomic E-state index is 15.2. The summed E-state index contributed by atoms with van der Waals surface area (Å²) < 4.78 is 15.2. The Hall–Kier alpha value is -2.34. The highest BCUT2D eigenvalue weighted by Gasteiger charge is 2.18. The van der Waals surface area contributed by atoms with E-state index in [2.05, 4.69) is 20.3 Å². The Morgan fingerprint density at radius 2 is 2.04 bits per heavy atom. The summed E-state index contributed by atoms with van der Waals surface area (Å²) in [6.45, 7) is 6.59. The van der Waals surface area contributed by atoms with Crippen molar-refractivity contribution in [2.24, 2.45) is 5.73 Å². The molecule has 0 spiro atoms. The number of hydrogen-bond donors (Lipinski definition) is 2. The van der Waals surface area contributed by atoms with Crippen molar-refractivity contribution in [3.05, 3.63) is 52.7 Å². The van der Waals surface area contributed by atoms with Crippen LogP contribution in [0.15, 0.2) is 30.1 Å². The van der Waals surface area contributed by atoms with E-state index < -0.39 is 0 Å². The molecule has 3 N–H and O–H groups in total. The van der Waals surface area contributed by atoms with Gasteiger partial charge in [-0.05, 0) is 50.4 Å². The molecule has 2 aromatic rings. The number of pyridine rings is 1. The van der Waals surface area contributed by atoms with Crippen molar-refractivity contribution >= 4 is 11.6 Å². The van der Waals surface area contributed by atoms with E-state index in [1.165, 1.54) is 0 Å². The molecule has 2 rings (SSSR count). The fourth-order valence-electron chi connectivity index (χ4n) is 2.79. The largest absolute Gasteiger partial charge is 0.365 e. The molecule has 25 heavy (non-hydrogen) atoms. The van der Waals surface area contributed by atoms with E-state index in [1.807, 2.05) is 26.0 Å². The van der Waals surface area contributed by atoms with Crippen molar-refractivity contribution in [2.45, 2.75) is 46.6 Å². The number of nitrogens with zero attached hydrogens (tertiary/aromatic N) is 3. The van der Waals surface area contributed by atoms with Crippen LogP contribution in [0.1, 0.15) is 48.8 Å². The summed E-state index contributed by atoms with van der Waals surface area (Å²) in [6.07, 6.45) is 5.58. The maximum absolute atomic E-state index is 15.2. The van der Waals surface area contributed by atoms with Crippen LogP contribution in [-0.2, 0) is 6.54 Å². The second-order valence-electron chi connectivity index (χ2n) is 6.00. The summed E-state index contributed by atoms with van der Waals surface area (Å²) in [5, 5.41) is 3.23. The number of nitrogens with two attached hydrogens (primary N) is 1. The summed E-state index contributed by atoms with van der Waals surface area (Å²) in [4.78, 5) is 12.9. The van der Waals surface area contributed by atoms with Gasteiger partial charge >= 0.3 is 0 Å². The average Bonchev–Trinajstić information content (AvgIpc) is 2.59. The molecule has 0 radical (unpaired) electrons. The van der Waals surface area contributed by atoms with Crippen LogP contribution in [-0.4, -0.2) is 21.5 Å². The number of aryl methyl sites for hydroxylation is 2. The average molecular weight is 343 g/mol. The predicted octanol–water partition coefficient (Wildman–Crippen LogP) is 3.93. The molecule has 0 amide bonds. The molecule has 0 saturated heterocycles. The Bertz CT molecular complexity index is 720. The molecule has 0 saturated carbocycles. The van der Waals surface area contributed by atoms with Crippen molar-refractivity contribution in [3.63, 3.8) is 0 Å². The number of aromatic nitrogens is 3. The molecule has 0 bridgehead atoms. The van der Waals surface area contributed by atoms with Crippen molar-refractivity contribution in [1.82, 2.24) is 15.0 Å². The molecule has 0 aromatic carbocycles. The minimum atomic E-state index is -0.251. The lowest BCUT2D eigenvalue weighted by atomic mass is 10.0. The fraction of sp³-hybridized carbons (Fsp3) is 0.421. The summed E-state index contributed by atoms with van der Waals surface area (Å²) >= 11 is 0. The van der Waals surface area contributed by atoms with Gasteiger partial charge in [0.1, 0.15) is 17.5 Å². The van der Waals surface area contributed by atoms with E-state index in [0.29, 0.717) is 48.8 Å². The SMILES string of the molecule is CCC/C(CCN)=C(/F)c1c(C)nc(C)nc1NCc1cccnc1. The van der Waals surface area contributed by atoms with Gasteiger partial charge in [-0.1, -0.05) is 19.4 Å². The molecule has 0 aliphatic rings. The van der Waals surface area contributed by atoms with E-state index in [4.69, 9.17) is 5.73 Å². The van der Waals surface area contributed by atoms with Crippen LogP contribution >= 0.6 is 0 Å². The molecule has 0 aliphatic heterocycles. The molecule has 134 valence electrons. The molecular formula is C19H26FN5. The maximum Gasteiger partial charge on any atom is 0.140 e. The monoisotopic (exact) mass is 343 g/mol. The first-order chi connectivity index (χ1) is 12.1. The van der Waals surface area contributed by atoms with Crippen molar-refractivity contribution < 1.29 is 4.39 Å². The highest BCUT2D eigenvalue weighted by molar-refractivity contribution is 5.73. The van der Waals surface area contributed by atoms with Crippen LogP contribution in [0.5, 0.6) is 0 Å². The van der Waals surface area contributed by atoms with Gasteiger partial charge < -0.3 is 11.1 Å². The zero-order valence-corrected chi connectivity index (χ0v) is 15.1. The smallest absolute Gasteiger partial charge is 0.140 e. The standard InChI is InChI=1S/C19H26FN5/c1-4-6-16(8-9-21)18(20)17-13(2)24-14(3)25-19(17)23-12-15-7-5-10-22-11-15/h5,7,10-11H,4,6,8-9,12,21H2,1-3H3,(H,23,24,25)/b18-16-. The third-order valence-electron chi connectivity index (χ3n) is 3.91. The molecule has 2 heterocycles. The number of halogens is 1. The molecule has 0 unspecified atom stereocenters. The fourth-order valence-corrected chi connectivity index (χ4v) is 2.79. The van der Waals surface area contributed by atoms with Crippen LogP contribution in [0.4, 0.5) is 10.2 Å². The second kappa shape index (κ2) is 9.22. The van der Waals surface area contributed by atoms with E-state index in [-0.39, 0.29) is 5.83 Å². The molecule has 0 atom stereocenters. The molecule has 5 nitrogen and oxygen atoms in total. The van der Waals surface area contributed by atoms with Crippen LogP contribution in [0.3, 0.4) is 0 Å². The Balaban J connectivity index is 2.40. The lowest BCUT2D eigenvalue weighted by Gasteiger charge is -2.15. The van der Waals surface area contributed by atoms with Crippen molar-refractivity contribution in [2.75, 3.05) is 11.9 Å². The zero-order valence-electron chi connectivity index (χ0n) is 15.1.